The van der Waals surface area contributed by atoms with Gasteiger partial charge in [0, 0.05) is 5.56 Å². The second-order valence-electron chi connectivity index (χ2n) is 7.86. The van der Waals surface area contributed by atoms with Crippen LogP contribution in [0.15, 0.2) is 63.5 Å². The molecular formula is C26H24F2N2O6S. The summed E-state index contributed by atoms with van der Waals surface area (Å²) < 4.78 is 47.4. The minimum atomic E-state index is -2.93. The second kappa shape index (κ2) is 11.0. The van der Waals surface area contributed by atoms with Gasteiger partial charge in [0.05, 0.1) is 36.6 Å². The average molecular weight is 531 g/mol. The highest BCUT2D eigenvalue weighted by Gasteiger charge is 2.35. The molecule has 37 heavy (non-hydrogen) atoms. The van der Waals surface area contributed by atoms with Crippen LogP contribution in [-0.4, -0.2) is 38.0 Å². The summed E-state index contributed by atoms with van der Waals surface area (Å²) in [5, 5.41) is 0. The van der Waals surface area contributed by atoms with Gasteiger partial charge in [-0.05, 0) is 55.8 Å². The van der Waals surface area contributed by atoms with E-state index in [4.69, 9.17) is 14.2 Å². The number of hydrogen-bond donors (Lipinski definition) is 0. The number of aromatic nitrogens is 1. The Morgan fingerprint density at radius 3 is 2.46 bits per heavy atom. The van der Waals surface area contributed by atoms with Crippen LogP contribution in [0.2, 0.25) is 0 Å². The predicted molar refractivity (Wildman–Crippen MR) is 133 cm³/mol. The lowest BCUT2D eigenvalue weighted by Crippen LogP contribution is -2.40. The first-order valence-corrected chi connectivity index (χ1v) is 12.1. The van der Waals surface area contributed by atoms with Crippen molar-refractivity contribution < 1.29 is 32.5 Å². The number of fused-ring (bicyclic) bond motifs is 1. The number of rotatable bonds is 8. The molecule has 1 aromatic heterocycles. The third-order valence-electron chi connectivity index (χ3n) is 5.65. The van der Waals surface area contributed by atoms with Crippen LogP contribution in [0, 0.1) is 0 Å². The van der Waals surface area contributed by atoms with Crippen molar-refractivity contribution in [3.63, 3.8) is 0 Å². The molecule has 0 aliphatic carbocycles. The number of hydrogen-bond acceptors (Lipinski definition) is 8. The highest BCUT2D eigenvalue weighted by Crippen LogP contribution is 2.37. The lowest BCUT2D eigenvalue weighted by molar-refractivity contribution is -0.139. The summed E-state index contributed by atoms with van der Waals surface area (Å²) in [5.41, 5.74) is 1.36. The molecule has 3 aromatic rings. The molecule has 194 valence electrons. The molecule has 0 amide bonds. The van der Waals surface area contributed by atoms with Crippen molar-refractivity contribution in [2.45, 2.75) is 26.5 Å². The van der Waals surface area contributed by atoms with Gasteiger partial charge in [0.1, 0.15) is 23.3 Å². The molecule has 8 nitrogen and oxygen atoms in total. The van der Waals surface area contributed by atoms with Crippen molar-refractivity contribution in [3.05, 3.63) is 84.5 Å². The first-order chi connectivity index (χ1) is 17.8. The molecule has 0 radical (unpaired) electrons. The molecule has 2 heterocycles. The van der Waals surface area contributed by atoms with Crippen molar-refractivity contribution in [1.29, 1.82) is 0 Å². The Morgan fingerprint density at radius 1 is 1.14 bits per heavy atom. The zero-order chi connectivity index (χ0) is 26.7. The van der Waals surface area contributed by atoms with E-state index in [-0.39, 0.29) is 23.5 Å². The standard InChI is InChI=1S/C26H24F2N2O6S/c1-5-35-24(32)21-14(2)29-26-30(22(21)18-13-17(33-3)10-11-19(18)34-4)23(31)20(37-26)12-15-6-8-16(9-7-15)36-25(27)28/h6-13,22,25H,5H2,1-4H3/b20-12+/t22-/m0/s1. The van der Waals surface area contributed by atoms with Gasteiger partial charge in [-0.25, -0.2) is 9.79 Å². The van der Waals surface area contributed by atoms with E-state index in [0.29, 0.717) is 37.7 Å². The van der Waals surface area contributed by atoms with Crippen LogP contribution in [0.3, 0.4) is 0 Å². The quantitative estimate of drug-likeness (QED) is 0.415. The Hall–Kier alpha value is -3.99. The van der Waals surface area contributed by atoms with Crippen LogP contribution in [0.4, 0.5) is 8.78 Å². The zero-order valence-corrected chi connectivity index (χ0v) is 21.3. The average Bonchev–Trinajstić information content (AvgIpc) is 3.17. The number of carbonyl (C=O) groups excluding carboxylic acids is 1. The van der Waals surface area contributed by atoms with Gasteiger partial charge in [-0.2, -0.15) is 8.78 Å². The van der Waals surface area contributed by atoms with Gasteiger partial charge >= 0.3 is 12.6 Å². The molecular weight excluding hydrogens is 506 g/mol. The van der Waals surface area contributed by atoms with Crippen LogP contribution in [0.1, 0.15) is 31.0 Å². The third kappa shape index (κ3) is 5.26. The fourth-order valence-electron chi connectivity index (χ4n) is 4.04. The van der Waals surface area contributed by atoms with Crippen molar-refractivity contribution >= 4 is 23.4 Å². The monoisotopic (exact) mass is 530 g/mol. The normalized spacial score (nSPS) is 15.3. The van der Waals surface area contributed by atoms with E-state index in [1.54, 1.807) is 50.3 Å². The Bertz CT molecular complexity index is 1530. The summed E-state index contributed by atoms with van der Waals surface area (Å²) in [6.45, 7) is 0.597. The molecule has 0 N–H and O–H groups in total. The van der Waals surface area contributed by atoms with E-state index in [2.05, 4.69) is 9.73 Å². The van der Waals surface area contributed by atoms with Crippen LogP contribution < -0.4 is 29.1 Å². The lowest BCUT2D eigenvalue weighted by Gasteiger charge is -2.26. The maximum Gasteiger partial charge on any atom is 0.387 e. The lowest BCUT2D eigenvalue weighted by atomic mass is 9.94. The van der Waals surface area contributed by atoms with E-state index in [9.17, 15) is 18.4 Å². The maximum absolute atomic E-state index is 13.7. The SMILES string of the molecule is CCOC(=O)C1=C(C)N=c2s/c(=C/c3ccc(OC(F)F)cc3)c(=O)n2[C@H]1c1cc(OC)ccc1OC. The second-order valence-corrected chi connectivity index (χ2v) is 8.87. The summed E-state index contributed by atoms with van der Waals surface area (Å²) in [5.74, 6) is 0.379. The van der Waals surface area contributed by atoms with E-state index < -0.39 is 18.6 Å². The summed E-state index contributed by atoms with van der Waals surface area (Å²) in [6.07, 6.45) is 1.62. The molecule has 0 unspecified atom stereocenters. The van der Waals surface area contributed by atoms with Gasteiger partial charge in [-0.15, -0.1) is 0 Å². The minimum Gasteiger partial charge on any atom is -0.497 e. The molecule has 0 spiro atoms. The highest BCUT2D eigenvalue weighted by atomic mass is 32.1. The summed E-state index contributed by atoms with van der Waals surface area (Å²) in [6, 6.07) is 10.1. The Labute approximate surface area is 214 Å². The fourth-order valence-corrected chi connectivity index (χ4v) is 5.08. The van der Waals surface area contributed by atoms with Gasteiger partial charge in [0.25, 0.3) is 5.56 Å². The summed E-state index contributed by atoms with van der Waals surface area (Å²) >= 11 is 1.14. The topological polar surface area (TPSA) is 88.4 Å². The molecule has 1 aliphatic rings. The molecule has 11 heteroatoms. The molecule has 1 aliphatic heterocycles. The van der Waals surface area contributed by atoms with Gasteiger partial charge in [-0.1, -0.05) is 23.5 Å². The van der Waals surface area contributed by atoms with Crippen LogP contribution >= 0.6 is 11.3 Å². The van der Waals surface area contributed by atoms with Crippen molar-refractivity contribution in [2.24, 2.45) is 4.99 Å². The van der Waals surface area contributed by atoms with Crippen LogP contribution in [0.5, 0.6) is 17.2 Å². The summed E-state index contributed by atoms with van der Waals surface area (Å²) in [7, 11) is 3.01. The minimum absolute atomic E-state index is 0.00781. The Balaban J connectivity index is 1.92. The van der Waals surface area contributed by atoms with Crippen molar-refractivity contribution in [3.8, 4) is 17.2 Å². The molecule has 0 bridgehead atoms. The Morgan fingerprint density at radius 2 is 1.84 bits per heavy atom. The number of allylic oxidation sites excluding steroid dienone is 1. The molecule has 0 fully saturated rings. The van der Waals surface area contributed by atoms with E-state index in [1.165, 1.54) is 30.9 Å². The zero-order valence-electron chi connectivity index (χ0n) is 20.5. The number of alkyl halides is 2. The molecule has 2 aromatic carbocycles. The first-order valence-electron chi connectivity index (χ1n) is 11.2. The van der Waals surface area contributed by atoms with E-state index in [1.807, 2.05) is 0 Å². The maximum atomic E-state index is 13.7. The predicted octanol–water partition coefficient (Wildman–Crippen LogP) is 3.42. The number of benzene rings is 2. The number of carbonyl (C=O) groups is 1. The van der Waals surface area contributed by atoms with Gasteiger partial charge < -0.3 is 18.9 Å². The van der Waals surface area contributed by atoms with Crippen molar-refractivity contribution in [1.82, 2.24) is 4.57 Å². The molecule has 4 rings (SSSR count). The number of thiazole rings is 1. The van der Waals surface area contributed by atoms with Crippen LogP contribution in [0.25, 0.3) is 6.08 Å². The van der Waals surface area contributed by atoms with Gasteiger partial charge in [0.2, 0.25) is 0 Å². The molecule has 0 saturated heterocycles. The highest BCUT2D eigenvalue weighted by molar-refractivity contribution is 7.07. The molecule has 0 saturated carbocycles. The number of methoxy groups -OCH3 is 2. The van der Waals surface area contributed by atoms with Crippen LogP contribution in [-0.2, 0) is 9.53 Å². The van der Waals surface area contributed by atoms with Gasteiger partial charge in [0.15, 0.2) is 4.80 Å². The number of ether oxygens (including phenoxy) is 4. The summed E-state index contributed by atoms with van der Waals surface area (Å²) in [4.78, 5) is 31.7. The number of halogens is 2. The number of esters is 1. The van der Waals surface area contributed by atoms with E-state index >= 15 is 0 Å². The first kappa shape index (κ1) is 26.1. The smallest absolute Gasteiger partial charge is 0.387 e. The van der Waals surface area contributed by atoms with Gasteiger partial charge in [-0.3, -0.25) is 9.36 Å². The molecule has 1 atom stereocenters. The van der Waals surface area contributed by atoms with Crippen molar-refractivity contribution in [2.75, 3.05) is 20.8 Å². The number of nitrogens with zero attached hydrogens (tertiary/aromatic N) is 2. The Kier molecular flexibility index (Phi) is 7.72. The third-order valence-corrected chi connectivity index (χ3v) is 6.63. The largest absolute Gasteiger partial charge is 0.497 e. The fraction of sp³-hybridized carbons (Fsp3) is 0.269. The van der Waals surface area contributed by atoms with E-state index in [0.717, 1.165) is 11.3 Å².